The van der Waals surface area contributed by atoms with Crippen molar-refractivity contribution in [3.8, 4) is 0 Å². The fraction of sp³-hybridized carbons (Fsp3) is 0.167. The van der Waals surface area contributed by atoms with Gasteiger partial charge in [0, 0.05) is 5.39 Å². The van der Waals surface area contributed by atoms with E-state index in [2.05, 4.69) is 4.18 Å². The summed E-state index contributed by atoms with van der Waals surface area (Å²) in [4.78, 5) is -0.477. The van der Waals surface area contributed by atoms with E-state index in [0.29, 0.717) is 10.8 Å². The van der Waals surface area contributed by atoms with E-state index in [0.717, 1.165) is 6.07 Å². The molecule has 0 aromatic heterocycles. The maximum Gasteiger partial charge on any atom is 0.397 e. The lowest BCUT2D eigenvalue weighted by molar-refractivity contribution is 0.212. The SMILES string of the molecule is O=S(OCCOS(=O)(=O)O)c1cc(S(=O)(=O)O)cc2ccccc12. The number of rotatable bonds is 7. The summed E-state index contributed by atoms with van der Waals surface area (Å²) in [6.07, 6.45) is 0. The van der Waals surface area contributed by atoms with E-state index in [1.807, 2.05) is 0 Å². The van der Waals surface area contributed by atoms with Gasteiger partial charge in [-0.2, -0.15) is 16.8 Å². The molecular formula is C12H12O9S3. The van der Waals surface area contributed by atoms with Crippen LogP contribution in [0.5, 0.6) is 0 Å². The molecule has 132 valence electrons. The van der Waals surface area contributed by atoms with Crippen molar-refractivity contribution in [3.05, 3.63) is 36.4 Å². The van der Waals surface area contributed by atoms with Crippen molar-refractivity contribution in [1.82, 2.24) is 0 Å². The predicted molar refractivity (Wildman–Crippen MR) is 83.6 cm³/mol. The minimum atomic E-state index is -4.64. The van der Waals surface area contributed by atoms with Gasteiger partial charge in [-0.1, -0.05) is 24.3 Å². The second kappa shape index (κ2) is 7.23. The van der Waals surface area contributed by atoms with Crippen LogP contribution in [0, 0.1) is 0 Å². The Balaban J connectivity index is 2.31. The molecule has 24 heavy (non-hydrogen) atoms. The van der Waals surface area contributed by atoms with Gasteiger partial charge in [0.25, 0.3) is 10.1 Å². The van der Waals surface area contributed by atoms with Crippen LogP contribution in [0.3, 0.4) is 0 Å². The van der Waals surface area contributed by atoms with Gasteiger partial charge >= 0.3 is 10.4 Å². The third-order valence-electron chi connectivity index (χ3n) is 2.78. The summed E-state index contributed by atoms with van der Waals surface area (Å²) in [6, 6.07) is 8.62. The molecule has 0 aliphatic heterocycles. The highest BCUT2D eigenvalue weighted by molar-refractivity contribution is 7.86. The number of fused-ring (bicyclic) bond motifs is 1. The van der Waals surface area contributed by atoms with Crippen molar-refractivity contribution in [2.75, 3.05) is 13.2 Å². The number of hydrogen-bond acceptors (Lipinski definition) is 7. The van der Waals surface area contributed by atoms with Gasteiger partial charge in [0.15, 0.2) is 11.1 Å². The molecule has 0 fully saturated rings. The van der Waals surface area contributed by atoms with Crippen LogP contribution in [0.25, 0.3) is 10.8 Å². The fourth-order valence-corrected chi connectivity index (χ4v) is 3.68. The third-order valence-corrected chi connectivity index (χ3v) is 5.15. The topological polar surface area (TPSA) is 144 Å². The molecule has 0 aliphatic carbocycles. The molecule has 1 atom stereocenters. The van der Waals surface area contributed by atoms with Crippen LogP contribution in [0.15, 0.2) is 46.2 Å². The zero-order valence-corrected chi connectivity index (χ0v) is 14.3. The van der Waals surface area contributed by atoms with E-state index in [9.17, 15) is 25.6 Å². The van der Waals surface area contributed by atoms with E-state index in [1.54, 1.807) is 24.3 Å². The molecule has 1 unspecified atom stereocenters. The minimum Gasteiger partial charge on any atom is -0.284 e. The van der Waals surface area contributed by atoms with Gasteiger partial charge in [0.1, 0.15) is 0 Å². The first-order valence-electron chi connectivity index (χ1n) is 6.25. The number of benzene rings is 2. The molecule has 2 N–H and O–H groups in total. The van der Waals surface area contributed by atoms with Gasteiger partial charge in [-0.05, 0) is 17.5 Å². The van der Waals surface area contributed by atoms with Gasteiger partial charge < -0.3 is 0 Å². The molecule has 9 nitrogen and oxygen atoms in total. The Hall–Kier alpha value is -1.41. The van der Waals surface area contributed by atoms with Gasteiger partial charge in [0.05, 0.1) is 23.0 Å². The highest BCUT2D eigenvalue weighted by atomic mass is 32.3. The Morgan fingerprint density at radius 3 is 2.29 bits per heavy atom. The van der Waals surface area contributed by atoms with Crippen LogP contribution in [0.2, 0.25) is 0 Å². The van der Waals surface area contributed by atoms with Gasteiger partial charge in [-0.15, -0.1) is 0 Å². The molecule has 0 saturated heterocycles. The second-order valence-corrected chi connectivity index (χ2v) is 8.08. The zero-order valence-electron chi connectivity index (χ0n) is 11.9. The van der Waals surface area contributed by atoms with Gasteiger partial charge in [0.2, 0.25) is 0 Å². The molecule has 0 saturated carbocycles. The van der Waals surface area contributed by atoms with Crippen LogP contribution in [-0.4, -0.2) is 43.4 Å². The number of hydrogen-bond donors (Lipinski definition) is 2. The summed E-state index contributed by atoms with van der Waals surface area (Å²) in [5.41, 5.74) is 0. The van der Waals surface area contributed by atoms with E-state index >= 15 is 0 Å². The average molecular weight is 396 g/mol. The first-order chi connectivity index (χ1) is 11.1. The Kier molecular flexibility index (Phi) is 5.70. The monoisotopic (exact) mass is 396 g/mol. The Bertz CT molecular complexity index is 980. The van der Waals surface area contributed by atoms with Crippen LogP contribution < -0.4 is 0 Å². The minimum absolute atomic E-state index is 0.0208. The molecule has 2 rings (SSSR count). The lowest BCUT2D eigenvalue weighted by Gasteiger charge is -2.09. The third kappa shape index (κ3) is 5.04. The van der Waals surface area contributed by atoms with Crippen molar-refractivity contribution in [2.45, 2.75) is 9.79 Å². The van der Waals surface area contributed by atoms with E-state index in [1.165, 1.54) is 6.07 Å². The summed E-state index contributed by atoms with van der Waals surface area (Å²) in [6.45, 7) is -1.03. The van der Waals surface area contributed by atoms with Gasteiger partial charge in [-0.3, -0.25) is 13.3 Å². The summed E-state index contributed by atoms with van der Waals surface area (Å²) in [5, 5.41) is 0.840. The first kappa shape index (κ1) is 18.9. The summed E-state index contributed by atoms with van der Waals surface area (Å²) < 4.78 is 82.1. The average Bonchev–Trinajstić information content (AvgIpc) is 2.48. The lowest BCUT2D eigenvalue weighted by atomic mass is 10.1. The molecule has 0 bridgehead atoms. The molecule has 0 radical (unpaired) electrons. The van der Waals surface area contributed by atoms with E-state index in [-0.39, 0.29) is 4.90 Å². The Morgan fingerprint density at radius 1 is 1.00 bits per heavy atom. The first-order valence-corrected chi connectivity index (χ1v) is 10.1. The van der Waals surface area contributed by atoms with E-state index < -0.39 is 49.7 Å². The van der Waals surface area contributed by atoms with Gasteiger partial charge in [-0.25, -0.2) is 8.39 Å². The van der Waals surface area contributed by atoms with Crippen LogP contribution in [-0.2, 0) is 40.0 Å². The second-order valence-electron chi connectivity index (χ2n) is 4.42. The molecule has 2 aromatic rings. The molecule has 2 aromatic carbocycles. The summed E-state index contributed by atoms with van der Waals surface area (Å²) in [5.74, 6) is 0. The molecular weight excluding hydrogens is 384 g/mol. The summed E-state index contributed by atoms with van der Waals surface area (Å²) >= 11 is -2.16. The van der Waals surface area contributed by atoms with Crippen molar-refractivity contribution < 1.29 is 38.5 Å². The van der Waals surface area contributed by atoms with Crippen LogP contribution >= 0.6 is 0 Å². The molecule has 0 amide bonds. The normalized spacial score (nSPS) is 13.9. The largest absolute Gasteiger partial charge is 0.397 e. The fourth-order valence-electron chi connectivity index (χ4n) is 1.85. The smallest absolute Gasteiger partial charge is 0.284 e. The lowest BCUT2D eigenvalue weighted by Crippen LogP contribution is -2.11. The highest BCUT2D eigenvalue weighted by Crippen LogP contribution is 2.26. The zero-order chi connectivity index (χ0) is 18.0. The van der Waals surface area contributed by atoms with Crippen LogP contribution in [0.1, 0.15) is 0 Å². The van der Waals surface area contributed by atoms with Crippen molar-refractivity contribution >= 4 is 42.4 Å². The molecule has 0 heterocycles. The predicted octanol–water partition coefficient (Wildman–Crippen LogP) is 0.945. The molecule has 12 heteroatoms. The molecule has 0 spiro atoms. The van der Waals surface area contributed by atoms with Crippen LogP contribution in [0.4, 0.5) is 0 Å². The highest BCUT2D eigenvalue weighted by Gasteiger charge is 2.17. The molecule has 0 aliphatic rings. The van der Waals surface area contributed by atoms with Crippen molar-refractivity contribution in [3.63, 3.8) is 0 Å². The van der Waals surface area contributed by atoms with Crippen molar-refractivity contribution in [2.24, 2.45) is 0 Å². The van der Waals surface area contributed by atoms with Crippen molar-refractivity contribution in [1.29, 1.82) is 0 Å². The quantitative estimate of drug-likeness (QED) is 0.516. The maximum atomic E-state index is 12.2. The standard InChI is InChI=1S/C12H12O9S3/c13-22(20-5-6-21-24(17,18)19)12-8-10(23(14,15)16)7-9-3-1-2-4-11(9)12/h1-4,7-8H,5-6H2,(H,14,15,16)(H,17,18,19). The summed E-state index contributed by atoms with van der Waals surface area (Å²) in [7, 11) is -9.16. The Labute approximate surface area is 140 Å². The Morgan fingerprint density at radius 2 is 1.67 bits per heavy atom. The maximum absolute atomic E-state index is 12.2. The van der Waals surface area contributed by atoms with E-state index in [4.69, 9.17) is 8.74 Å².